The third-order valence-corrected chi connectivity index (χ3v) is 4.64. The maximum absolute atomic E-state index is 5.66. The van der Waals surface area contributed by atoms with Gasteiger partial charge in [-0.3, -0.25) is 4.98 Å². The molecule has 1 aliphatic heterocycles. The normalized spacial score (nSPS) is 15.4. The van der Waals surface area contributed by atoms with Crippen LogP contribution >= 0.6 is 0 Å². The Labute approximate surface area is 167 Å². The Morgan fingerprint density at radius 3 is 2.82 bits per heavy atom. The smallest absolute Gasteiger partial charge is 0.191 e. The molecule has 3 heterocycles. The van der Waals surface area contributed by atoms with E-state index in [1.54, 1.807) is 12.4 Å². The number of aromatic nitrogens is 2. The van der Waals surface area contributed by atoms with Gasteiger partial charge in [0.05, 0.1) is 12.7 Å². The molecule has 28 heavy (non-hydrogen) atoms. The number of hydrogen-bond donors (Lipinski definition) is 2. The van der Waals surface area contributed by atoms with Crippen LogP contribution in [0.25, 0.3) is 0 Å². The van der Waals surface area contributed by atoms with Crippen LogP contribution in [-0.2, 0) is 0 Å². The van der Waals surface area contributed by atoms with Crippen molar-refractivity contribution in [1.29, 1.82) is 0 Å². The van der Waals surface area contributed by atoms with E-state index in [1.807, 2.05) is 25.1 Å². The molecule has 2 aromatic rings. The first kappa shape index (κ1) is 19.9. The molecule has 0 aliphatic carbocycles. The average Bonchev–Trinajstić information content (AvgIpc) is 2.72. The van der Waals surface area contributed by atoms with E-state index in [-0.39, 0.29) is 0 Å². The minimum atomic E-state index is 0.415. The van der Waals surface area contributed by atoms with Crippen LogP contribution in [-0.4, -0.2) is 54.8 Å². The highest BCUT2D eigenvalue weighted by molar-refractivity contribution is 5.80. The zero-order chi connectivity index (χ0) is 19.6. The van der Waals surface area contributed by atoms with Crippen molar-refractivity contribution in [2.24, 2.45) is 4.99 Å². The van der Waals surface area contributed by atoms with Gasteiger partial charge >= 0.3 is 0 Å². The summed E-state index contributed by atoms with van der Waals surface area (Å²) in [6, 6.07) is 10.4. The predicted octanol–water partition coefficient (Wildman–Crippen LogP) is 2.39. The van der Waals surface area contributed by atoms with Crippen LogP contribution < -0.4 is 20.3 Å². The van der Waals surface area contributed by atoms with E-state index < -0.39 is 0 Å². The maximum Gasteiger partial charge on any atom is 0.191 e. The summed E-state index contributed by atoms with van der Waals surface area (Å²) < 4.78 is 5.66. The molecule has 1 aliphatic rings. The Morgan fingerprint density at radius 1 is 1.25 bits per heavy atom. The van der Waals surface area contributed by atoms with E-state index in [4.69, 9.17) is 4.74 Å². The topological polar surface area (TPSA) is 74.7 Å². The molecule has 0 atom stereocenters. The van der Waals surface area contributed by atoms with Crippen LogP contribution in [0.4, 0.5) is 5.82 Å². The predicted molar refractivity (Wildman–Crippen MR) is 113 cm³/mol. The molecular weight excluding hydrogens is 352 g/mol. The summed E-state index contributed by atoms with van der Waals surface area (Å²) in [5, 5.41) is 6.89. The Bertz CT molecular complexity index is 744. The average molecular weight is 383 g/mol. The van der Waals surface area contributed by atoms with Crippen molar-refractivity contribution in [2.45, 2.75) is 32.7 Å². The third-order valence-electron chi connectivity index (χ3n) is 4.64. The zero-order valence-corrected chi connectivity index (χ0v) is 16.8. The van der Waals surface area contributed by atoms with Crippen molar-refractivity contribution in [3.8, 4) is 5.75 Å². The SMILES string of the molecule is CCNC(=NCCOc1cccnc1)NC1CCN(c2cccc(C)n2)CC1. The van der Waals surface area contributed by atoms with Gasteiger partial charge in [0, 0.05) is 37.6 Å². The second-order valence-electron chi connectivity index (χ2n) is 6.84. The molecule has 2 N–H and O–H groups in total. The lowest BCUT2D eigenvalue weighted by atomic mass is 10.1. The molecular formula is C21H30N6O. The number of anilines is 1. The Balaban J connectivity index is 1.45. The number of hydrogen-bond acceptors (Lipinski definition) is 5. The van der Waals surface area contributed by atoms with Gasteiger partial charge in [-0.1, -0.05) is 6.07 Å². The number of ether oxygens (including phenoxy) is 1. The molecule has 0 amide bonds. The van der Waals surface area contributed by atoms with Crippen molar-refractivity contribution in [3.05, 3.63) is 48.4 Å². The quantitative estimate of drug-likeness (QED) is 0.435. The number of aryl methyl sites for hydroxylation is 1. The third kappa shape index (κ3) is 6.11. The fourth-order valence-corrected chi connectivity index (χ4v) is 3.22. The lowest BCUT2D eigenvalue weighted by Gasteiger charge is -2.34. The van der Waals surface area contributed by atoms with Gasteiger partial charge < -0.3 is 20.3 Å². The highest BCUT2D eigenvalue weighted by atomic mass is 16.5. The molecule has 2 aromatic heterocycles. The summed E-state index contributed by atoms with van der Waals surface area (Å²) in [5.74, 6) is 2.70. The highest BCUT2D eigenvalue weighted by Crippen LogP contribution is 2.18. The number of pyridine rings is 2. The molecule has 0 bridgehead atoms. The van der Waals surface area contributed by atoms with Crippen molar-refractivity contribution in [1.82, 2.24) is 20.6 Å². The number of aliphatic imine (C=N–C) groups is 1. The molecule has 0 aromatic carbocycles. The molecule has 1 fully saturated rings. The Hall–Kier alpha value is -2.83. The van der Waals surface area contributed by atoms with Gasteiger partial charge in [0.1, 0.15) is 18.2 Å². The molecule has 3 rings (SSSR count). The first-order chi connectivity index (χ1) is 13.7. The minimum absolute atomic E-state index is 0.415. The number of guanidine groups is 1. The largest absolute Gasteiger partial charge is 0.490 e. The van der Waals surface area contributed by atoms with E-state index in [1.165, 1.54) is 0 Å². The van der Waals surface area contributed by atoms with Crippen molar-refractivity contribution in [2.75, 3.05) is 37.7 Å². The fraction of sp³-hybridized carbons (Fsp3) is 0.476. The van der Waals surface area contributed by atoms with Crippen molar-refractivity contribution < 1.29 is 4.74 Å². The summed E-state index contributed by atoms with van der Waals surface area (Å²) in [7, 11) is 0. The number of nitrogens with one attached hydrogen (secondary N) is 2. The standard InChI is InChI=1S/C21H30N6O/c1-3-23-21(24-12-15-28-19-7-5-11-22-16-19)26-18-9-13-27(14-10-18)20-8-4-6-17(2)25-20/h4-8,11,16,18H,3,9-10,12-15H2,1-2H3,(H2,23,24,26). The number of rotatable bonds is 7. The molecule has 0 saturated carbocycles. The Kier molecular flexibility index (Phi) is 7.46. The lowest BCUT2D eigenvalue weighted by Crippen LogP contribution is -2.49. The van der Waals surface area contributed by atoms with Gasteiger partial charge in [0.15, 0.2) is 5.96 Å². The summed E-state index contributed by atoms with van der Waals surface area (Å²) in [6.45, 7) is 8.07. The Morgan fingerprint density at radius 2 is 2.11 bits per heavy atom. The summed E-state index contributed by atoms with van der Waals surface area (Å²) >= 11 is 0. The molecule has 150 valence electrons. The molecule has 0 spiro atoms. The van der Waals surface area contributed by atoms with E-state index in [0.717, 1.165) is 55.7 Å². The summed E-state index contributed by atoms with van der Waals surface area (Å²) in [4.78, 5) is 15.7. The summed E-state index contributed by atoms with van der Waals surface area (Å²) in [6.07, 6.45) is 5.57. The van der Waals surface area contributed by atoms with Gasteiger partial charge in [-0.15, -0.1) is 0 Å². The van der Waals surface area contributed by atoms with Crippen LogP contribution in [0.5, 0.6) is 5.75 Å². The van der Waals surface area contributed by atoms with Gasteiger partial charge in [-0.05, 0) is 51.0 Å². The maximum atomic E-state index is 5.66. The minimum Gasteiger partial charge on any atom is -0.490 e. The van der Waals surface area contributed by atoms with E-state index in [9.17, 15) is 0 Å². The van der Waals surface area contributed by atoms with Crippen LogP contribution in [0.2, 0.25) is 0 Å². The van der Waals surface area contributed by atoms with Gasteiger partial charge in [-0.25, -0.2) is 9.98 Å². The molecule has 1 saturated heterocycles. The first-order valence-corrected chi connectivity index (χ1v) is 10.0. The molecule has 0 unspecified atom stereocenters. The van der Waals surface area contributed by atoms with E-state index in [0.29, 0.717) is 19.2 Å². The number of piperidine rings is 1. The summed E-state index contributed by atoms with van der Waals surface area (Å²) in [5.41, 5.74) is 1.06. The monoisotopic (exact) mass is 382 g/mol. The first-order valence-electron chi connectivity index (χ1n) is 10.0. The van der Waals surface area contributed by atoms with Crippen LogP contribution in [0.15, 0.2) is 47.7 Å². The fourth-order valence-electron chi connectivity index (χ4n) is 3.22. The second kappa shape index (κ2) is 10.5. The van der Waals surface area contributed by atoms with Gasteiger partial charge in [-0.2, -0.15) is 0 Å². The van der Waals surface area contributed by atoms with Crippen molar-refractivity contribution >= 4 is 11.8 Å². The second-order valence-corrected chi connectivity index (χ2v) is 6.84. The van der Waals surface area contributed by atoms with Crippen LogP contribution in [0.1, 0.15) is 25.5 Å². The molecule has 7 nitrogen and oxygen atoms in total. The van der Waals surface area contributed by atoms with E-state index in [2.05, 4.69) is 49.6 Å². The van der Waals surface area contributed by atoms with E-state index >= 15 is 0 Å². The molecule has 7 heteroatoms. The lowest BCUT2D eigenvalue weighted by molar-refractivity contribution is 0.327. The van der Waals surface area contributed by atoms with Gasteiger partial charge in [0.25, 0.3) is 0 Å². The molecule has 0 radical (unpaired) electrons. The van der Waals surface area contributed by atoms with Crippen molar-refractivity contribution in [3.63, 3.8) is 0 Å². The number of nitrogens with zero attached hydrogens (tertiary/aromatic N) is 4. The zero-order valence-electron chi connectivity index (χ0n) is 16.8. The van der Waals surface area contributed by atoms with Crippen LogP contribution in [0, 0.1) is 6.92 Å². The van der Waals surface area contributed by atoms with Crippen LogP contribution in [0.3, 0.4) is 0 Å². The van der Waals surface area contributed by atoms with Gasteiger partial charge in [0.2, 0.25) is 0 Å². The highest BCUT2D eigenvalue weighted by Gasteiger charge is 2.20.